The first-order chi connectivity index (χ1) is 9.24. The van der Waals surface area contributed by atoms with Gasteiger partial charge in [0, 0.05) is 0 Å². The molecule has 2 rings (SSSR count). The number of carbonyl (C=O) groups excluding carboxylic acids is 1. The van der Waals surface area contributed by atoms with E-state index in [2.05, 4.69) is 10.5 Å². The molecule has 1 amide bonds. The molecule has 0 radical (unpaired) electrons. The lowest BCUT2D eigenvalue weighted by Gasteiger charge is -2.00. The number of hydrogen-bond acceptors (Lipinski definition) is 3. The number of amides is 1. The molecule has 0 spiro atoms. The monoisotopic (exact) mass is 254 g/mol. The third-order valence-electron chi connectivity index (χ3n) is 2.50. The van der Waals surface area contributed by atoms with Crippen LogP contribution >= 0.6 is 0 Å². The van der Waals surface area contributed by atoms with Crippen LogP contribution < -0.4 is 5.43 Å². The Morgan fingerprint density at radius 1 is 1.11 bits per heavy atom. The molecule has 0 unspecified atom stereocenters. The molecule has 0 aromatic heterocycles. The highest BCUT2D eigenvalue weighted by Crippen LogP contribution is 2.07. The minimum Gasteiger partial charge on any atom is -0.508 e. The molecule has 4 heteroatoms. The highest BCUT2D eigenvalue weighted by atomic mass is 16.3. The van der Waals surface area contributed by atoms with E-state index in [-0.39, 0.29) is 11.7 Å². The van der Waals surface area contributed by atoms with E-state index in [4.69, 9.17) is 5.11 Å². The second-order valence-electron chi connectivity index (χ2n) is 4.05. The number of carbonyl (C=O) groups is 1. The molecule has 2 N–H and O–H groups in total. The normalized spacial score (nSPS) is 10.5. The molecule has 0 aliphatic carbocycles. The van der Waals surface area contributed by atoms with Crippen LogP contribution in [0.4, 0.5) is 0 Å². The Morgan fingerprint density at radius 3 is 2.47 bits per heavy atom. The van der Waals surface area contributed by atoms with Gasteiger partial charge >= 0.3 is 0 Å². The average Bonchev–Trinajstić information content (AvgIpc) is 2.42. The zero-order chi connectivity index (χ0) is 13.5. The van der Waals surface area contributed by atoms with Crippen molar-refractivity contribution >= 4 is 12.1 Å². The number of phenolic OH excluding ortho intramolecular Hbond substituents is 1. The largest absolute Gasteiger partial charge is 0.508 e. The van der Waals surface area contributed by atoms with Crippen molar-refractivity contribution in [2.75, 3.05) is 0 Å². The van der Waals surface area contributed by atoms with E-state index in [0.717, 1.165) is 11.1 Å². The van der Waals surface area contributed by atoms with Crippen molar-refractivity contribution in [1.82, 2.24) is 5.43 Å². The third kappa shape index (κ3) is 4.27. The Bertz CT molecular complexity index is 562. The van der Waals surface area contributed by atoms with Gasteiger partial charge in [-0.15, -0.1) is 0 Å². The van der Waals surface area contributed by atoms with Gasteiger partial charge in [-0.3, -0.25) is 4.79 Å². The summed E-state index contributed by atoms with van der Waals surface area (Å²) in [7, 11) is 0. The van der Waals surface area contributed by atoms with Crippen LogP contribution in [0.3, 0.4) is 0 Å². The zero-order valence-electron chi connectivity index (χ0n) is 10.3. The summed E-state index contributed by atoms with van der Waals surface area (Å²) < 4.78 is 0. The van der Waals surface area contributed by atoms with E-state index in [0.29, 0.717) is 6.42 Å². The highest BCUT2D eigenvalue weighted by molar-refractivity contribution is 5.83. The summed E-state index contributed by atoms with van der Waals surface area (Å²) in [5.41, 5.74) is 4.21. The number of nitrogens with one attached hydrogen (secondary N) is 1. The summed E-state index contributed by atoms with van der Waals surface area (Å²) in [6.07, 6.45) is 1.83. The van der Waals surface area contributed by atoms with Crippen LogP contribution in [0.2, 0.25) is 0 Å². The van der Waals surface area contributed by atoms with Crippen molar-refractivity contribution < 1.29 is 9.90 Å². The van der Waals surface area contributed by atoms with Crippen LogP contribution in [0, 0.1) is 0 Å². The Morgan fingerprint density at radius 2 is 1.79 bits per heavy atom. The van der Waals surface area contributed by atoms with Gasteiger partial charge < -0.3 is 5.11 Å². The summed E-state index contributed by atoms with van der Waals surface area (Å²) in [6.45, 7) is 0. The minimum atomic E-state index is -0.166. The predicted octanol–water partition coefficient (Wildman–Crippen LogP) is 2.08. The number of aromatic hydroxyl groups is 1. The fraction of sp³-hybridized carbons (Fsp3) is 0.0667. The maximum Gasteiger partial charge on any atom is 0.244 e. The molecule has 2 aromatic carbocycles. The fourth-order valence-electron chi connectivity index (χ4n) is 1.56. The Balaban J connectivity index is 1.85. The summed E-state index contributed by atoms with van der Waals surface area (Å²) in [5, 5.41) is 13.0. The second kappa shape index (κ2) is 6.35. The smallest absolute Gasteiger partial charge is 0.244 e. The van der Waals surface area contributed by atoms with Gasteiger partial charge in [-0.25, -0.2) is 5.43 Å². The van der Waals surface area contributed by atoms with Crippen molar-refractivity contribution in [3.63, 3.8) is 0 Å². The Labute approximate surface area is 111 Å². The summed E-state index contributed by atoms with van der Waals surface area (Å²) in [4.78, 5) is 11.6. The first-order valence-corrected chi connectivity index (χ1v) is 5.89. The molecule has 2 aromatic rings. The molecule has 0 fully saturated rings. The first-order valence-electron chi connectivity index (χ1n) is 5.89. The van der Waals surface area contributed by atoms with Crippen LogP contribution in [0.25, 0.3) is 0 Å². The summed E-state index contributed by atoms with van der Waals surface area (Å²) in [6, 6.07) is 16.0. The van der Waals surface area contributed by atoms with Gasteiger partial charge in [0.1, 0.15) is 5.75 Å². The third-order valence-corrected chi connectivity index (χ3v) is 2.50. The van der Waals surface area contributed by atoms with E-state index in [1.807, 2.05) is 30.3 Å². The molecule has 0 saturated carbocycles. The van der Waals surface area contributed by atoms with E-state index in [1.165, 1.54) is 6.21 Å². The fourth-order valence-corrected chi connectivity index (χ4v) is 1.56. The van der Waals surface area contributed by atoms with Crippen molar-refractivity contribution in [2.24, 2.45) is 5.10 Å². The minimum absolute atomic E-state index is 0.166. The lowest BCUT2D eigenvalue weighted by Crippen LogP contribution is -2.19. The molecule has 0 heterocycles. The molecule has 0 aliphatic heterocycles. The van der Waals surface area contributed by atoms with E-state index < -0.39 is 0 Å². The van der Waals surface area contributed by atoms with Crippen LogP contribution in [0.1, 0.15) is 11.1 Å². The van der Waals surface area contributed by atoms with Crippen LogP contribution in [-0.4, -0.2) is 17.2 Å². The van der Waals surface area contributed by atoms with Crippen LogP contribution in [-0.2, 0) is 11.2 Å². The molecule has 0 atom stereocenters. The average molecular weight is 254 g/mol. The van der Waals surface area contributed by atoms with Gasteiger partial charge in [0.2, 0.25) is 5.91 Å². The number of phenols is 1. The topological polar surface area (TPSA) is 61.7 Å². The molecule has 96 valence electrons. The van der Waals surface area contributed by atoms with Crippen molar-refractivity contribution in [2.45, 2.75) is 6.42 Å². The van der Waals surface area contributed by atoms with Crippen molar-refractivity contribution in [1.29, 1.82) is 0 Å². The van der Waals surface area contributed by atoms with E-state index >= 15 is 0 Å². The number of hydrogen-bond donors (Lipinski definition) is 2. The Kier molecular flexibility index (Phi) is 4.29. The van der Waals surface area contributed by atoms with Gasteiger partial charge in [-0.1, -0.05) is 30.3 Å². The quantitative estimate of drug-likeness (QED) is 0.648. The highest BCUT2D eigenvalue weighted by Gasteiger charge is 2.00. The molecule has 4 nitrogen and oxygen atoms in total. The lowest BCUT2D eigenvalue weighted by molar-refractivity contribution is -0.120. The standard InChI is InChI=1S/C15H14N2O2/c18-14-8-6-13(7-9-14)11-16-17-15(19)10-12-4-2-1-3-5-12/h1-9,11,18H,10H2,(H,17,19)/b16-11+. The molecule has 19 heavy (non-hydrogen) atoms. The molecule has 0 aliphatic rings. The molecule has 0 bridgehead atoms. The van der Waals surface area contributed by atoms with Gasteiger partial charge in [0.15, 0.2) is 0 Å². The van der Waals surface area contributed by atoms with Gasteiger partial charge in [0.25, 0.3) is 0 Å². The number of benzene rings is 2. The molecule has 0 saturated heterocycles. The Hall–Kier alpha value is -2.62. The number of nitrogens with zero attached hydrogens (tertiary/aromatic N) is 1. The maximum atomic E-state index is 11.6. The number of rotatable bonds is 4. The van der Waals surface area contributed by atoms with Gasteiger partial charge in [-0.05, 0) is 35.4 Å². The second-order valence-corrected chi connectivity index (χ2v) is 4.05. The lowest BCUT2D eigenvalue weighted by atomic mass is 10.1. The van der Waals surface area contributed by atoms with Gasteiger partial charge in [-0.2, -0.15) is 5.10 Å². The SMILES string of the molecule is O=C(Cc1ccccc1)N/N=C/c1ccc(O)cc1. The van der Waals surface area contributed by atoms with Crippen LogP contribution in [0.15, 0.2) is 59.7 Å². The number of hydrazone groups is 1. The van der Waals surface area contributed by atoms with Crippen LogP contribution in [0.5, 0.6) is 5.75 Å². The molecular formula is C15H14N2O2. The van der Waals surface area contributed by atoms with Crippen molar-refractivity contribution in [3.8, 4) is 5.75 Å². The van der Waals surface area contributed by atoms with Gasteiger partial charge in [0.05, 0.1) is 12.6 Å². The molecular weight excluding hydrogens is 240 g/mol. The van der Waals surface area contributed by atoms with E-state index in [9.17, 15) is 4.79 Å². The predicted molar refractivity (Wildman–Crippen MR) is 74.0 cm³/mol. The summed E-state index contributed by atoms with van der Waals surface area (Å²) in [5.74, 6) is 0.0338. The van der Waals surface area contributed by atoms with Crippen molar-refractivity contribution in [3.05, 3.63) is 65.7 Å². The first kappa shape index (κ1) is 12.8. The zero-order valence-corrected chi connectivity index (χ0v) is 10.3. The summed E-state index contributed by atoms with van der Waals surface area (Å²) >= 11 is 0. The maximum absolute atomic E-state index is 11.6. The van der Waals surface area contributed by atoms with E-state index in [1.54, 1.807) is 24.3 Å².